The maximum atomic E-state index is 12.6. The number of imidazole rings is 1. The van der Waals surface area contributed by atoms with Crippen LogP contribution < -0.4 is 16.0 Å². The Balaban J connectivity index is 1.35. The quantitative estimate of drug-likeness (QED) is 0.265. The fraction of sp³-hybridized carbons (Fsp3) is 0.333. The number of nitrogens with zero attached hydrogens (tertiary/aromatic N) is 4. The lowest BCUT2D eigenvalue weighted by Gasteiger charge is -2.26. The average Bonchev–Trinajstić information content (AvgIpc) is 3.34. The van der Waals surface area contributed by atoms with Gasteiger partial charge in [-0.05, 0) is 81.8 Å². The van der Waals surface area contributed by atoms with E-state index < -0.39 is 0 Å². The van der Waals surface area contributed by atoms with E-state index in [0.29, 0.717) is 23.0 Å². The molecule has 0 saturated heterocycles. The fourth-order valence-corrected chi connectivity index (χ4v) is 4.70. The van der Waals surface area contributed by atoms with Gasteiger partial charge in [-0.3, -0.25) is 4.79 Å². The zero-order chi connectivity index (χ0) is 27.4. The molecule has 2 heterocycles. The molecule has 0 aliphatic heterocycles. The second-order valence-electron chi connectivity index (χ2n) is 9.98. The summed E-state index contributed by atoms with van der Waals surface area (Å²) in [5, 5.41) is 19.5. The van der Waals surface area contributed by atoms with Crippen molar-refractivity contribution in [3.63, 3.8) is 0 Å². The number of aliphatic hydroxyl groups is 1. The number of benzene rings is 2. The molecular formula is C30H33N7O2. The van der Waals surface area contributed by atoms with Gasteiger partial charge in [-0.1, -0.05) is 24.1 Å². The Morgan fingerprint density at radius 3 is 2.67 bits per heavy atom. The van der Waals surface area contributed by atoms with E-state index in [1.54, 1.807) is 6.33 Å². The Hall–Kier alpha value is -4.42. The molecule has 0 atom stereocenters. The van der Waals surface area contributed by atoms with Gasteiger partial charge in [0.25, 0.3) is 0 Å². The summed E-state index contributed by atoms with van der Waals surface area (Å²) in [7, 11) is 0. The second kappa shape index (κ2) is 11.5. The number of amides is 1. The minimum absolute atomic E-state index is 0.208. The third-order valence-corrected chi connectivity index (χ3v) is 6.92. The molecule has 2 aromatic heterocycles. The topological polar surface area (TPSA) is 117 Å². The largest absolute Gasteiger partial charge is 0.393 e. The van der Waals surface area contributed by atoms with E-state index in [-0.39, 0.29) is 18.1 Å². The van der Waals surface area contributed by atoms with Gasteiger partial charge in [-0.2, -0.15) is 9.97 Å². The lowest BCUT2D eigenvalue weighted by Crippen LogP contribution is -2.29. The van der Waals surface area contributed by atoms with E-state index >= 15 is 0 Å². The second-order valence-corrected chi connectivity index (χ2v) is 9.98. The normalized spacial score (nSPS) is 16.8. The highest BCUT2D eigenvalue weighted by atomic mass is 16.3. The van der Waals surface area contributed by atoms with Crippen molar-refractivity contribution in [2.45, 2.75) is 65.1 Å². The number of aliphatic hydroxyl groups excluding tert-OH is 1. The van der Waals surface area contributed by atoms with Crippen LogP contribution in [0.1, 0.15) is 49.3 Å². The SMILES string of the molecule is CCn1cnc2c(Nc3cccc(NC(=O)C#Cc4cc(C)ccc4C)c3)nc(N[C@H]3CC[C@H](O)CC3)nc21. The predicted molar refractivity (Wildman–Crippen MR) is 154 cm³/mol. The van der Waals surface area contributed by atoms with Crippen LogP contribution in [0.15, 0.2) is 48.8 Å². The van der Waals surface area contributed by atoms with Gasteiger partial charge in [0.15, 0.2) is 17.0 Å². The number of nitrogens with one attached hydrogen (secondary N) is 3. The summed E-state index contributed by atoms with van der Waals surface area (Å²) in [6.07, 6.45) is 4.81. The molecule has 4 N–H and O–H groups in total. The highest BCUT2D eigenvalue weighted by Gasteiger charge is 2.21. The molecule has 1 aliphatic rings. The maximum Gasteiger partial charge on any atom is 0.300 e. The van der Waals surface area contributed by atoms with Crippen LogP contribution in [0.5, 0.6) is 0 Å². The average molecular weight is 524 g/mol. The van der Waals surface area contributed by atoms with E-state index in [4.69, 9.17) is 9.97 Å². The molecule has 1 fully saturated rings. The molecule has 5 rings (SSSR count). The predicted octanol–water partition coefficient (Wildman–Crippen LogP) is 4.91. The van der Waals surface area contributed by atoms with Crippen LogP contribution in [0.3, 0.4) is 0 Å². The lowest BCUT2D eigenvalue weighted by molar-refractivity contribution is -0.111. The zero-order valence-electron chi connectivity index (χ0n) is 22.5. The fourth-order valence-electron chi connectivity index (χ4n) is 4.70. The lowest BCUT2D eigenvalue weighted by atomic mass is 9.93. The van der Waals surface area contributed by atoms with Crippen molar-refractivity contribution in [3.8, 4) is 11.8 Å². The van der Waals surface area contributed by atoms with Gasteiger partial charge in [-0.15, -0.1) is 0 Å². The molecule has 1 aliphatic carbocycles. The van der Waals surface area contributed by atoms with Crippen LogP contribution >= 0.6 is 0 Å². The van der Waals surface area contributed by atoms with Gasteiger partial charge in [0, 0.05) is 35.4 Å². The van der Waals surface area contributed by atoms with Gasteiger partial charge in [-0.25, -0.2) is 4.98 Å². The van der Waals surface area contributed by atoms with Crippen LogP contribution in [0.4, 0.5) is 23.1 Å². The molecule has 2 aromatic carbocycles. The van der Waals surface area contributed by atoms with E-state index in [9.17, 15) is 9.90 Å². The molecule has 1 amide bonds. The van der Waals surface area contributed by atoms with E-state index in [0.717, 1.165) is 60.3 Å². The zero-order valence-corrected chi connectivity index (χ0v) is 22.5. The van der Waals surface area contributed by atoms with Crippen LogP contribution in [0, 0.1) is 25.7 Å². The number of hydrogen-bond donors (Lipinski definition) is 4. The van der Waals surface area contributed by atoms with Crippen molar-refractivity contribution < 1.29 is 9.90 Å². The van der Waals surface area contributed by atoms with Gasteiger partial charge in [0.1, 0.15) is 0 Å². The molecule has 4 aromatic rings. The van der Waals surface area contributed by atoms with Gasteiger partial charge >= 0.3 is 5.91 Å². The number of rotatable bonds is 6. The van der Waals surface area contributed by atoms with Crippen LogP contribution in [-0.2, 0) is 11.3 Å². The van der Waals surface area contributed by atoms with Gasteiger partial charge in [0.05, 0.1) is 12.4 Å². The summed E-state index contributed by atoms with van der Waals surface area (Å²) in [6.45, 7) is 6.75. The van der Waals surface area contributed by atoms with E-state index in [2.05, 4.69) is 32.8 Å². The minimum atomic E-state index is -0.386. The Bertz CT molecular complexity index is 1560. The molecule has 9 heteroatoms. The van der Waals surface area contributed by atoms with E-state index in [1.807, 2.05) is 67.8 Å². The van der Waals surface area contributed by atoms with Crippen molar-refractivity contribution in [2.75, 3.05) is 16.0 Å². The van der Waals surface area contributed by atoms with Crippen molar-refractivity contribution in [1.82, 2.24) is 19.5 Å². The first-order valence-corrected chi connectivity index (χ1v) is 13.3. The maximum absolute atomic E-state index is 12.6. The monoisotopic (exact) mass is 523 g/mol. The van der Waals surface area contributed by atoms with Gasteiger partial charge < -0.3 is 25.6 Å². The van der Waals surface area contributed by atoms with E-state index in [1.165, 1.54) is 0 Å². The van der Waals surface area contributed by atoms with Crippen LogP contribution in [0.2, 0.25) is 0 Å². The standard InChI is InChI=1S/C30H33N7O2/c1-4-37-18-31-27-28(35-30(36-29(27)37)34-22-11-13-25(38)14-12-22)33-24-7-5-6-23(17-24)32-26(39)15-10-21-16-19(2)8-9-20(21)3/h5-9,16-18,22,25,38H,4,11-14H2,1-3H3,(H,32,39)(H2,33,34,35,36)/t22-,25-. The molecule has 0 bridgehead atoms. The van der Waals surface area contributed by atoms with Crippen LogP contribution in [-0.4, -0.2) is 42.7 Å². The Morgan fingerprint density at radius 2 is 1.87 bits per heavy atom. The summed E-state index contributed by atoms with van der Waals surface area (Å²) in [4.78, 5) is 26.6. The summed E-state index contributed by atoms with van der Waals surface area (Å²) in [5.41, 5.74) is 5.73. The number of carbonyl (C=O) groups is 1. The summed E-state index contributed by atoms with van der Waals surface area (Å²) in [6, 6.07) is 13.6. The third kappa shape index (κ3) is 6.36. The summed E-state index contributed by atoms with van der Waals surface area (Å²) < 4.78 is 1.98. The van der Waals surface area contributed by atoms with Crippen LogP contribution in [0.25, 0.3) is 11.2 Å². The number of hydrogen-bond acceptors (Lipinski definition) is 7. The first kappa shape index (κ1) is 26.2. The smallest absolute Gasteiger partial charge is 0.300 e. The van der Waals surface area contributed by atoms with Crippen molar-refractivity contribution in [1.29, 1.82) is 0 Å². The third-order valence-electron chi connectivity index (χ3n) is 6.92. The summed E-state index contributed by atoms with van der Waals surface area (Å²) in [5.74, 6) is 6.37. The number of aryl methyl sites for hydroxylation is 3. The Morgan fingerprint density at radius 1 is 1.08 bits per heavy atom. The number of aromatic nitrogens is 4. The molecule has 0 spiro atoms. The highest BCUT2D eigenvalue weighted by Crippen LogP contribution is 2.27. The number of carbonyl (C=O) groups excluding carboxylic acids is 1. The molecule has 1 saturated carbocycles. The molecule has 9 nitrogen and oxygen atoms in total. The molecule has 0 unspecified atom stereocenters. The molecule has 39 heavy (non-hydrogen) atoms. The van der Waals surface area contributed by atoms with Crippen molar-refractivity contribution in [3.05, 3.63) is 65.5 Å². The van der Waals surface area contributed by atoms with Crippen molar-refractivity contribution in [2.24, 2.45) is 0 Å². The van der Waals surface area contributed by atoms with Gasteiger partial charge in [0.2, 0.25) is 5.95 Å². The summed E-state index contributed by atoms with van der Waals surface area (Å²) >= 11 is 0. The Kier molecular flexibility index (Phi) is 7.75. The molecule has 0 radical (unpaired) electrons. The number of anilines is 4. The minimum Gasteiger partial charge on any atom is -0.393 e. The molecule has 200 valence electrons. The Labute approximate surface area is 228 Å². The van der Waals surface area contributed by atoms with Crippen molar-refractivity contribution >= 4 is 40.2 Å². The first-order valence-electron chi connectivity index (χ1n) is 13.3. The number of fused-ring (bicyclic) bond motifs is 1. The highest BCUT2D eigenvalue weighted by molar-refractivity contribution is 6.04. The first-order chi connectivity index (χ1) is 18.9. The molecular weight excluding hydrogens is 490 g/mol.